The summed E-state index contributed by atoms with van der Waals surface area (Å²) in [5.74, 6) is 0.775. The maximum Gasteiger partial charge on any atom is 0.271 e. The molecule has 1 aromatic carbocycles. The highest BCUT2D eigenvalue weighted by Crippen LogP contribution is 2.27. The van der Waals surface area contributed by atoms with Gasteiger partial charge in [0.25, 0.3) is 5.56 Å². The summed E-state index contributed by atoms with van der Waals surface area (Å²) in [5.41, 5.74) is 2.46. The van der Waals surface area contributed by atoms with Gasteiger partial charge in [-0.1, -0.05) is 37.3 Å². The van der Waals surface area contributed by atoms with Gasteiger partial charge >= 0.3 is 0 Å². The molecule has 0 aliphatic carbocycles. The second kappa shape index (κ2) is 5.55. The molecule has 3 aromatic heterocycles. The van der Waals surface area contributed by atoms with Gasteiger partial charge in [-0.05, 0) is 5.56 Å². The number of rotatable bonds is 3. The van der Waals surface area contributed by atoms with Crippen LogP contribution in [0.3, 0.4) is 0 Å². The molecule has 5 nitrogen and oxygen atoms in total. The van der Waals surface area contributed by atoms with Crippen LogP contribution in [0.1, 0.15) is 18.3 Å². The first-order valence-electron chi connectivity index (χ1n) is 7.44. The number of fused-ring (bicyclic) bond motifs is 3. The molecule has 4 rings (SSSR count). The van der Waals surface area contributed by atoms with Crippen LogP contribution >= 0.6 is 11.3 Å². The van der Waals surface area contributed by atoms with Gasteiger partial charge in [0.15, 0.2) is 0 Å². The lowest BCUT2D eigenvalue weighted by molar-refractivity contribution is 0.688. The fourth-order valence-corrected chi connectivity index (χ4v) is 3.68. The Labute approximate surface area is 136 Å². The Kier molecular flexibility index (Phi) is 3.38. The maximum atomic E-state index is 13.0. The number of hydrogen-bond acceptors (Lipinski definition) is 5. The number of benzene rings is 1. The third kappa shape index (κ3) is 2.31. The molecule has 0 saturated heterocycles. The SMILES string of the molecule is CCc1nc2c(sc3nccnc32)c(=O)n1Cc1ccccc1. The van der Waals surface area contributed by atoms with Gasteiger partial charge in [0.05, 0.1) is 6.54 Å². The van der Waals surface area contributed by atoms with Gasteiger partial charge in [-0.15, -0.1) is 11.3 Å². The minimum Gasteiger partial charge on any atom is -0.291 e. The van der Waals surface area contributed by atoms with Gasteiger partial charge in [0.2, 0.25) is 0 Å². The molecule has 114 valence electrons. The summed E-state index contributed by atoms with van der Waals surface area (Å²) in [4.78, 5) is 27.1. The first kappa shape index (κ1) is 14.0. The fourth-order valence-electron chi connectivity index (χ4n) is 2.69. The van der Waals surface area contributed by atoms with Crippen LogP contribution in [0.25, 0.3) is 20.6 Å². The van der Waals surface area contributed by atoms with E-state index in [1.807, 2.05) is 37.3 Å². The number of aryl methyl sites for hydroxylation is 1. The van der Waals surface area contributed by atoms with Crippen molar-refractivity contribution < 1.29 is 0 Å². The van der Waals surface area contributed by atoms with Crippen LogP contribution in [0, 0.1) is 0 Å². The van der Waals surface area contributed by atoms with E-state index in [0.29, 0.717) is 28.7 Å². The van der Waals surface area contributed by atoms with E-state index >= 15 is 0 Å². The molecule has 0 atom stereocenters. The standard InChI is InChI=1S/C17H14N4OS/c1-2-12-20-13-14-16(19-9-8-18-14)23-15(13)17(22)21(12)10-11-6-4-3-5-7-11/h3-9H,2,10H2,1H3. The van der Waals surface area contributed by atoms with E-state index in [4.69, 9.17) is 4.98 Å². The minimum absolute atomic E-state index is 0.0134. The summed E-state index contributed by atoms with van der Waals surface area (Å²) in [6.07, 6.45) is 3.97. The Morgan fingerprint density at radius 2 is 1.87 bits per heavy atom. The zero-order chi connectivity index (χ0) is 15.8. The summed E-state index contributed by atoms with van der Waals surface area (Å²) < 4.78 is 2.38. The Morgan fingerprint density at radius 1 is 1.09 bits per heavy atom. The Bertz CT molecular complexity index is 1050. The molecule has 0 amide bonds. The van der Waals surface area contributed by atoms with Gasteiger partial charge in [-0.25, -0.2) is 15.0 Å². The lowest BCUT2D eigenvalue weighted by Gasteiger charge is -2.11. The van der Waals surface area contributed by atoms with Crippen LogP contribution in [0.4, 0.5) is 0 Å². The first-order chi connectivity index (χ1) is 11.3. The highest BCUT2D eigenvalue weighted by molar-refractivity contribution is 7.25. The average molecular weight is 322 g/mol. The highest BCUT2D eigenvalue weighted by Gasteiger charge is 2.16. The Balaban J connectivity index is 1.98. The van der Waals surface area contributed by atoms with Crippen molar-refractivity contribution >= 4 is 31.9 Å². The highest BCUT2D eigenvalue weighted by atomic mass is 32.1. The second-order valence-corrected chi connectivity index (χ2v) is 6.25. The Morgan fingerprint density at radius 3 is 2.65 bits per heavy atom. The van der Waals surface area contributed by atoms with Crippen molar-refractivity contribution in [3.05, 3.63) is 64.5 Å². The van der Waals surface area contributed by atoms with Gasteiger partial charge in [-0.3, -0.25) is 9.36 Å². The Hall–Kier alpha value is -2.60. The number of nitrogens with zero attached hydrogens (tertiary/aromatic N) is 4. The summed E-state index contributed by atoms with van der Waals surface area (Å²) in [5, 5.41) is 0. The molecule has 3 heterocycles. The molecule has 0 aliphatic heterocycles. The predicted octanol–water partition coefficient (Wildman–Crippen LogP) is 3.01. The molecule has 6 heteroatoms. The number of aromatic nitrogens is 4. The summed E-state index contributed by atoms with van der Waals surface area (Å²) >= 11 is 1.36. The van der Waals surface area contributed by atoms with Gasteiger partial charge in [0, 0.05) is 18.8 Å². The molecule has 0 N–H and O–H groups in total. The smallest absolute Gasteiger partial charge is 0.271 e. The van der Waals surface area contributed by atoms with Gasteiger partial charge in [-0.2, -0.15) is 0 Å². The van der Waals surface area contributed by atoms with E-state index in [0.717, 1.165) is 16.2 Å². The van der Waals surface area contributed by atoms with Crippen LogP contribution < -0.4 is 5.56 Å². The third-order valence-corrected chi connectivity index (χ3v) is 4.86. The minimum atomic E-state index is -0.0134. The molecule has 0 saturated carbocycles. The second-order valence-electron chi connectivity index (χ2n) is 5.25. The van der Waals surface area contributed by atoms with E-state index in [1.165, 1.54) is 11.3 Å². The molecule has 0 radical (unpaired) electrons. The molecular weight excluding hydrogens is 308 g/mol. The molecule has 0 fully saturated rings. The van der Waals surface area contributed by atoms with Crippen molar-refractivity contribution in [3.8, 4) is 0 Å². The van der Waals surface area contributed by atoms with Crippen molar-refractivity contribution in [1.82, 2.24) is 19.5 Å². The van der Waals surface area contributed by atoms with Gasteiger partial charge in [0.1, 0.15) is 26.4 Å². The summed E-state index contributed by atoms with van der Waals surface area (Å²) in [6, 6.07) is 9.96. The molecule has 0 spiro atoms. The summed E-state index contributed by atoms with van der Waals surface area (Å²) in [7, 11) is 0. The van der Waals surface area contributed by atoms with Crippen LogP contribution in [0.5, 0.6) is 0 Å². The molecule has 23 heavy (non-hydrogen) atoms. The van der Waals surface area contributed by atoms with Crippen molar-refractivity contribution in [2.75, 3.05) is 0 Å². The molecular formula is C17H14N4OS. The van der Waals surface area contributed by atoms with Crippen molar-refractivity contribution in [3.63, 3.8) is 0 Å². The zero-order valence-corrected chi connectivity index (χ0v) is 13.4. The normalized spacial score (nSPS) is 11.3. The van der Waals surface area contributed by atoms with E-state index in [-0.39, 0.29) is 5.56 Å². The quantitative estimate of drug-likeness (QED) is 0.582. The first-order valence-corrected chi connectivity index (χ1v) is 8.26. The monoisotopic (exact) mass is 322 g/mol. The summed E-state index contributed by atoms with van der Waals surface area (Å²) in [6.45, 7) is 2.54. The third-order valence-electron chi connectivity index (χ3n) is 3.79. The van der Waals surface area contributed by atoms with Crippen molar-refractivity contribution in [2.24, 2.45) is 0 Å². The van der Waals surface area contributed by atoms with Crippen LogP contribution in [0.2, 0.25) is 0 Å². The largest absolute Gasteiger partial charge is 0.291 e. The van der Waals surface area contributed by atoms with Crippen LogP contribution in [0.15, 0.2) is 47.5 Å². The zero-order valence-electron chi connectivity index (χ0n) is 12.6. The van der Waals surface area contributed by atoms with Crippen molar-refractivity contribution in [1.29, 1.82) is 0 Å². The molecule has 0 unspecified atom stereocenters. The average Bonchev–Trinajstić information content (AvgIpc) is 2.97. The lowest BCUT2D eigenvalue weighted by Crippen LogP contribution is -2.25. The van der Waals surface area contributed by atoms with Crippen molar-refractivity contribution in [2.45, 2.75) is 19.9 Å². The maximum absolute atomic E-state index is 13.0. The topological polar surface area (TPSA) is 60.7 Å². The van der Waals surface area contributed by atoms with E-state index in [9.17, 15) is 4.79 Å². The van der Waals surface area contributed by atoms with Gasteiger partial charge < -0.3 is 0 Å². The van der Waals surface area contributed by atoms with E-state index in [1.54, 1.807) is 17.0 Å². The van der Waals surface area contributed by atoms with E-state index < -0.39 is 0 Å². The molecule has 4 aromatic rings. The number of hydrogen-bond donors (Lipinski definition) is 0. The predicted molar refractivity (Wildman–Crippen MR) is 91.9 cm³/mol. The van der Waals surface area contributed by atoms with E-state index in [2.05, 4.69) is 9.97 Å². The van der Waals surface area contributed by atoms with Crippen LogP contribution in [-0.2, 0) is 13.0 Å². The lowest BCUT2D eigenvalue weighted by atomic mass is 10.2. The fraction of sp³-hybridized carbons (Fsp3) is 0.176. The molecule has 0 bridgehead atoms. The number of thiophene rings is 1. The molecule has 0 aliphatic rings. The van der Waals surface area contributed by atoms with Crippen LogP contribution in [-0.4, -0.2) is 19.5 Å².